The number of rotatable bonds is 7. The summed E-state index contributed by atoms with van der Waals surface area (Å²) >= 11 is 0. The Morgan fingerprint density at radius 1 is 1.03 bits per heavy atom. The van der Waals surface area contributed by atoms with E-state index < -0.39 is 0 Å². The standard InChI is InChI=1S/C33H51NO4/c1-5-24-28-19-23(35)13-16-33(28,4)27-14-17-32(3)25(11-12-26(32)29(27)30(24)36)21(2)15-18-38-31(37)34-20-22-9-7-6-8-10-22/h6-10,21,23-30,35-36H,5,11-20H2,1-4H3,(H,34,37)/t21-,23-,24-,25-,26+,27+,28+,29+,30-,32-,33-/m1/s1. The number of hydrogen-bond donors (Lipinski definition) is 3. The van der Waals surface area contributed by atoms with E-state index in [4.69, 9.17) is 4.74 Å². The molecule has 0 spiro atoms. The lowest BCUT2D eigenvalue weighted by Gasteiger charge is -2.64. The SMILES string of the molecule is CC[C@H]1[C@@H](O)[C@@H]2[C@H](CC[C@]3(C)[C@@H]([C@H](C)CCOC(=O)NCc4ccccc4)CC[C@@H]23)[C@@]2(C)CC[C@@H](O)C[C@@H]12. The molecule has 0 aliphatic heterocycles. The fourth-order valence-electron chi connectivity index (χ4n) is 10.3. The monoisotopic (exact) mass is 525 g/mol. The minimum absolute atomic E-state index is 0.195. The number of ether oxygens (including phenoxy) is 1. The van der Waals surface area contributed by atoms with Gasteiger partial charge < -0.3 is 20.3 Å². The Kier molecular flexibility index (Phi) is 8.18. The minimum atomic E-state index is -0.339. The third kappa shape index (κ3) is 4.91. The first-order chi connectivity index (χ1) is 18.2. The molecule has 38 heavy (non-hydrogen) atoms. The maximum Gasteiger partial charge on any atom is 0.407 e. The van der Waals surface area contributed by atoms with Crippen LogP contribution in [0.5, 0.6) is 0 Å². The summed E-state index contributed by atoms with van der Waals surface area (Å²) in [5.41, 5.74) is 1.56. The first-order valence-corrected chi connectivity index (χ1v) is 15.5. The molecule has 1 amide bonds. The van der Waals surface area contributed by atoms with Crippen LogP contribution >= 0.6 is 0 Å². The number of carbonyl (C=O) groups is 1. The van der Waals surface area contributed by atoms with Crippen molar-refractivity contribution in [2.45, 2.75) is 104 Å². The van der Waals surface area contributed by atoms with E-state index in [1.54, 1.807) is 0 Å². The van der Waals surface area contributed by atoms with Crippen molar-refractivity contribution in [3.8, 4) is 0 Å². The van der Waals surface area contributed by atoms with Crippen molar-refractivity contribution >= 4 is 6.09 Å². The molecule has 0 radical (unpaired) electrons. The van der Waals surface area contributed by atoms with E-state index in [9.17, 15) is 15.0 Å². The van der Waals surface area contributed by atoms with Crippen molar-refractivity contribution < 1.29 is 19.7 Å². The second-order valence-electron chi connectivity index (χ2n) is 13.9. The highest BCUT2D eigenvalue weighted by atomic mass is 16.5. The zero-order valence-electron chi connectivity index (χ0n) is 24.1. The van der Waals surface area contributed by atoms with Gasteiger partial charge in [0.25, 0.3) is 0 Å². The number of amides is 1. The van der Waals surface area contributed by atoms with Crippen LogP contribution in [0.4, 0.5) is 4.79 Å². The lowest BCUT2D eigenvalue weighted by Crippen LogP contribution is -2.62. The van der Waals surface area contributed by atoms with Gasteiger partial charge in [-0.05, 0) is 109 Å². The van der Waals surface area contributed by atoms with Gasteiger partial charge in [-0.15, -0.1) is 0 Å². The second-order valence-corrected chi connectivity index (χ2v) is 13.9. The fourth-order valence-corrected chi connectivity index (χ4v) is 10.3. The van der Waals surface area contributed by atoms with Crippen molar-refractivity contribution in [3.05, 3.63) is 35.9 Å². The molecule has 5 nitrogen and oxygen atoms in total. The van der Waals surface area contributed by atoms with Crippen LogP contribution in [0.15, 0.2) is 30.3 Å². The Hall–Kier alpha value is -1.59. The molecule has 0 bridgehead atoms. The summed E-state index contributed by atoms with van der Waals surface area (Å²) in [6.45, 7) is 10.6. The van der Waals surface area contributed by atoms with E-state index in [2.05, 4.69) is 33.0 Å². The molecule has 0 heterocycles. The Balaban J connectivity index is 1.21. The largest absolute Gasteiger partial charge is 0.450 e. The molecule has 0 saturated heterocycles. The average Bonchev–Trinajstić information content (AvgIpc) is 3.26. The summed E-state index contributed by atoms with van der Waals surface area (Å²) in [6.07, 6.45) is 8.88. The Bertz CT molecular complexity index is 954. The van der Waals surface area contributed by atoms with E-state index in [1.807, 2.05) is 30.3 Å². The molecule has 1 aromatic carbocycles. The number of benzene rings is 1. The minimum Gasteiger partial charge on any atom is -0.450 e. The first-order valence-electron chi connectivity index (χ1n) is 15.5. The van der Waals surface area contributed by atoms with Crippen LogP contribution in [-0.4, -0.2) is 35.1 Å². The van der Waals surface area contributed by atoms with E-state index >= 15 is 0 Å². The van der Waals surface area contributed by atoms with Gasteiger partial charge in [0.15, 0.2) is 0 Å². The summed E-state index contributed by atoms with van der Waals surface area (Å²) in [6, 6.07) is 9.91. The third-order valence-corrected chi connectivity index (χ3v) is 12.2. The molecule has 0 unspecified atom stereocenters. The maximum absolute atomic E-state index is 12.3. The van der Waals surface area contributed by atoms with Crippen LogP contribution in [0.2, 0.25) is 0 Å². The fraction of sp³-hybridized carbons (Fsp3) is 0.788. The molecule has 212 valence electrons. The van der Waals surface area contributed by atoms with Gasteiger partial charge >= 0.3 is 6.09 Å². The van der Waals surface area contributed by atoms with E-state index in [0.29, 0.717) is 54.6 Å². The van der Waals surface area contributed by atoms with Crippen LogP contribution in [-0.2, 0) is 11.3 Å². The molecule has 4 aliphatic rings. The molecule has 1 aromatic rings. The predicted molar refractivity (Wildman–Crippen MR) is 150 cm³/mol. The highest BCUT2D eigenvalue weighted by Gasteiger charge is 2.64. The molecule has 0 aromatic heterocycles. The predicted octanol–water partition coefficient (Wildman–Crippen LogP) is 6.57. The number of nitrogens with one attached hydrogen (secondary N) is 1. The summed E-state index contributed by atoms with van der Waals surface area (Å²) in [4.78, 5) is 12.3. The van der Waals surface area contributed by atoms with Crippen molar-refractivity contribution in [3.63, 3.8) is 0 Å². The lowest BCUT2D eigenvalue weighted by molar-refractivity contribution is -0.203. The molecule has 11 atom stereocenters. The summed E-state index contributed by atoms with van der Waals surface area (Å²) in [5.74, 6) is 3.36. The van der Waals surface area contributed by atoms with Gasteiger partial charge in [-0.25, -0.2) is 4.79 Å². The van der Waals surface area contributed by atoms with Gasteiger partial charge in [0.1, 0.15) is 0 Å². The second kappa shape index (κ2) is 11.1. The normalized spacial score (nSPS) is 42.9. The van der Waals surface area contributed by atoms with Gasteiger partial charge in [-0.2, -0.15) is 0 Å². The molecule has 4 fully saturated rings. The molecular formula is C33H51NO4. The summed E-state index contributed by atoms with van der Waals surface area (Å²) in [5, 5.41) is 25.3. The average molecular weight is 526 g/mol. The first kappa shape index (κ1) is 28.0. The molecule has 5 heteroatoms. The molecular weight excluding hydrogens is 474 g/mol. The zero-order chi connectivity index (χ0) is 27.1. The maximum atomic E-state index is 12.3. The molecule has 3 N–H and O–H groups in total. The molecule has 5 rings (SSSR count). The molecule has 4 saturated carbocycles. The van der Waals surface area contributed by atoms with E-state index in [-0.39, 0.29) is 29.1 Å². The van der Waals surface area contributed by atoms with Crippen LogP contribution in [0.3, 0.4) is 0 Å². The van der Waals surface area contributed by atoms with Gasteiger partial charge in [-0.3, -0.25) is 0 Å². The Morgan fingerprint density at radius 3 is 2.47 bits per heavy atom. The quantitative estimate of drug-likeness (QED) is 0.376. The Morgan fingerprint density at radius 2 is 1.74 bits per heavy atom. The summed E-state index contributed by atoms with van der Waals surface area (Å²) < 4.78 is 5.57. The van der Waals surface area contributed by atoms with Gasteiger partial charge in [0, 0.05) is 6.54 Å². The number of hydrogen-bond acceptors (Lipinski definition) is 4. The number of aliphatic hydroxyl groups is 2. The number of carbonyl (C=O) groups excluding carboxylic acids is 1. The highest BCUT2D eigenvalue weighted by Crippen LogP contribution is 2.69. The van der Waals surface area contributed by atoms with Gasteiger partial charge in [0.05, 0.1) is 18.8 Å². The highest BCUT2D eigenvalue weighted by molar-refractivity contribution is 5.67. The smallest absolute Gasteiger partial charge is 0.407 e. The Labute approximate surface area is 230 Å². The third-order valence-electron chi connectivity index (χ3n) is 12.2. The number of aliphatic hydroxyl groups excluding tert-OH is 2. The van der Waals surface area contributed by atoms with Crippen LogP contribution in [0.25, 0.3) is 0 Å². The van der Waals surface area contributed by atoms with Crippen LogP contribution in [0.1, 0.15) is 91.0 Å². The molecule has 4 aliphatic carbocycles. The van der Waals surface area contributed by atoms with E-state index in [0.717, 1.165) is 37.7 Å². The van der Waals surface area contributed by atoms with Crippen molar-refractivity contribution in [2.24, 2.45) is 52.3 Å². The number of alkyl carbamates (subject to hydrolysis) is 1. The van der Waals surface area contributed by atoms with Gasteiger partial charge in [0.2, 0.25) is 0 Å². The van der Waals surface area contributed by atoms with Gasteiger partial charge in [-0.1, -0.05) is 64.4 Å². The van der Waals surface area contributed by atoms with E-state index in [1.165, 1.54) is 25.7 Å². The van der Waals surface area contributed by atoms with Crippen LogP contribution in [0, 0.1) is 52.3 Å². The van der Waals surface area contributed by atoms with Crippen molar-refractivity contribution in [1.29, 1.82) is 0 Å². The van der Waals surface area contributed by atoms with Crippen molar-refractivity contribution in [1.82, 2.24) is 5.32 Å². The topological polar surface area (TPSA) is 78.8 Å². The van der Waals surface area contributed by atoms with Crippen LogP contribution < -0.4 is 5.32 Å². The lowest BCUT2D eigenvalue weighted by atomic mass is 9.41. The zero-order valence-corrected chi connectivity index (χ0v) is 24.1. The number of fused-ring (bicyclic) bond motifs is 5. The van der Waals surface area contributed by atoms with Crippen molar-refractivity contribution in [2.75, 3.05) is 6.61 Å². The summed E-state index contributed by atoms with van der Waals surface area (Å²) in [7, 11) is 0.